The van der Waals surface area contributed by atoms with E-state index in [1.54, 1.807) is 19.1 Å². The van der Waals surface area contributed by atoms with Gasteiger partial charge in [-0.05, 0) is 49.4 Å². The molecule has 0 aromatic heterocycles. The van der Waals surface area contributed by atoms with Crippen molar-refractivity contribution in [3.8, 4) is 5.75 Å². The second-order valence-corrected chi connectivity index (χ2v) is 5.88. The number of ether oxygens (including phenoxy) is 1. The van der Waals surface area contributed by atoms with Gasteiger partial charge in [-0.25, -0.2) is 4.39 Å². The lowest BCUT2D eigenvalue weighted by Gasteiger charge is -2.24. The molecule has 1 aliphatic rings. The van der Waals surface area contributed by atoms with E-state index in [2.05, 4.69) is 10.2 Å². The molecule has 0 saturated carbocycles. The zero-order chi connectivity index (χ0) is 16.4. The van der Waals surface area contributed by atoms with E-state index in [1.165, 1.54) is 12.1 Å². The summed E-state index contributed by atoms with van der Waals surface area (Å²) in [6.07, 6.45) is -0.463. The third kappa shape index (κ3) is 3.68. The van der Waals surface area contributed by atoms with Crippen LogP contribution in [0.25, 0.3) is 0 Å². The van der Waals surface area contributed by atoms with Crippen LogP contribution in [-0.4, -0.2) is 24.0 Å². The molecule has 4 nitrogen and oxygen atoms in total. The molecule has 1 N–H and O–H groups in total. The van der Waals surface area contributed by atoms with Gasteiger partial charge in [-0.2, -0.15) is 0 Å². The Kier molecular flexibility index (Phi) is 4.30. The van der Waals surface area contributed by atoms with Crippen molar-refractivity contribution < 1.29 is 13.9 Å². The van der Waals surface area contributed by atoms with Gasteiger partial charge >= 0.3 is 0 Å². The van der Waals surface area contributed by atoms with Crippen LogP contribution in [0.3, 0.4) is 0 Å². The molecule has 1 heterocycles. The summed E-state index contributed by atoms with van der Waals surface area (Å²) in [5, 5.41) is 2.86. The second kappa shape index (κ2) is 6.38. The van der Waals surface area contributed by atoms with Crippen LogP contribution in [0.15, 0.2) is 42.5 Å². The molecule has 0 saturated heterocycles. The predicted molar refractivity (Wildman–Crippen MR) is 86.7 cm³/mol. The first-order valence-electron chi connectivity index (χ1n) is 7.55. The van der Waals surface area contributed by atoms with Gasteiger partial charge < -0.3 is 10.1 Å². The van der Waals surface area contributed by atoms with E-state index in [4.69, 9.17) is 4.74 Å². The summed E-state index contributed by atoms with van der Waals surface area (Å²) in [6.45, 7) is 3.16. The topological polar surface area (TPSA) is 41.6 Å². The highest BCUT2D eigenvalue weighted by molar-refractivity contribution is 5.97. The molecule has 3 rings (SSSR count). The van der Waals surface area contributed by atoms with Crippen molar-refractivity contribution >= 4 is 11.6 Å². The molecule has 0 radical (unpaired) electrons. The van der Waals surface area contributed by atoms with Gasteiger partial charge in [0.25, 0.3) is 5.91 Å². The number of nitrogens with zero attached hydrogens (tertiary/aromatic N) is 1. The summed E-state index contributed by atoms with van der Waals surface area (Å²) < 4.78 is 18.5. The first kappa shape index (κ1) is 15.5. The quantitative estimate of drug-likeness (QED) is 0.942. The number of carbonyl (C=O) groups is 1. The Hall–Kier alpha value is -2.40. The van der Waals surface area contributed by atoms with Gasteiger partial charge in [0.15, 0.2) is 6.10 Å². The van der Waals surface area contributed by atoms with Crippen LogP contribution in [0, 0.1) is 5.82 Å². The Morgan fingerprint density at radius 1 is 1.13 bits per heavy atom. The molecule has 120 valence electrons. The Morgan fingerprint density at radius 3 is 2.52 bits per heavy atom. The van der Waals surface area contributed by atoms with Gasteiger partial charge in [0.05, 0.1) is 5.69 Å². The van der Waals surface area contributed by atoms with Crippen molar-refractivity contribution in [2.45, 2.75) is 26.1 Å². The maximum atomic E-state index is 12.9. The van der Waals surface area contributed by atoms with Crippen molar-refractivity contribution in [1.29, 1.82) is 0 Å². The fourth-order valence-corrected chi connectivity index (χ4v) is 2.62. The van der Waals surface area contributed by atoms with Crippen molar-refractivity contribution in [2.24, 2.45) is 0 Å². The van der Waals surface area contributed by atoms with Crippen molar-refractivity contribution in [1.82, 2.24) is 4.90 Å². The largest absolute Gasteiger partial charge is 0.479 e. The third-order valence-corrected chi connectivity index (χ3v) is 3.79. The minimum Gasteiger partial charge on any atom is -0.479 e. The minimum absolute atomic E-state index is 0.130. The molecule has 0 spiro atoms. The summed E-state index contributed by atoms with van der Waals surface area (Å²) >= 11 is 0. The van der Waals surface area contributed by atoms with Gasteiger partial charge in [-0.15, -0.1) is 0 Å². The monoisotopic (exact) mass is 314 g/mol. The summed E-state index contributed by atoms with van der Waals surface area (Å²) in [4.78, 5) is 13.8. The SMILES string of the molecule is CC1Oc2ccc(CN(C)Cc3ccc(F)cc3)cc2NC1=O. The Balaban J connectivity index is 1.67. The van der Waals surface area contributed by atoms with Gasteiger partial charge in [0.2, 0.25) is 0 Å². The van der Waals surface area contributed by atoms with E-state index in [9.17, 15) is 9.18 Å². The van der Waals surface area contributed by atoms with Gasteiger partial charge in [0.1, 0.15) is 11.6 Å². The number of carbonyl (C=O) groups excluding carboxylic acids is 1. The number of hydrogen-bond acceptors (Lipinski definition) is 3. The minimum atomic E-state index is -0.463. The number of halogens is 1. The van der Waals surface area contributed by atoms with E-state index >= 15 is 0 Å². The molecular formula is C18H19FN2O2. The average molecular weight is 314 g/mol. The number of benzene rings is 2. The highest BCUT2D eigenvalue weighted by atomic mass is 19.1. The smallest absolute Gasteiger partial charge is 0.265 e. The normalized spacial score (nSPS) is 16.7. The molecule has 1 aliphatic heterocycles. The van der Waals surface area contributed by atoms with Crippen LogP contribution in [0.2, 0.25) is 0 Å². The number of amides is 1. The molecule has 1 atom stereocenters. The number of fused-ring (bicyclic) bond motifs is 1. The standard InChI is InChI=1S/C18H19FN2O2/c1-12-18(22)20-16-9-14(5-8-17(16)23-12)11-21(2)10-13-3-6-15(19)7-4-13/h3-9,12H,10-11H2,1-2H3,(H,20,22). The zero-order valence-corrected chi connectivity index (χ0v) is 13.2. The first-order valence-corrected chi connectivity index (χ1v) is 7.55. The molecule has 2 aromatic rings. The van der Waals surface area contributed by atoms with Gasteiger partial charge in [-0.3, -0.25) is 9.69 Å². The Morgan fingerprint density at radius 2 is 1.78 bits per heavy atom. The highest BCUT2D eigenvalue weighted by Gasteiger charge is 2.23. The lowest BCUT2D eigenvalue weighted by atomic mass is 10.1. The number of hydrogen-bond donors (Lipinski definition) is 1. The van der Waals surface area contributed by atoms with Crippen molar-refractivity contribution in [3.05, 3.63) is 59.4 Å². The average Bonchev–Trinajstić information content (AvgIpc) is 2.51. The molecule has 0 aliphatic carbocycles. The second-order valence-electron chi connectivity index (χ2n) is 5.88. The van der Waals surface area contributed by atoms with Crippen LogP contribution < -0.4 is 10.1 Å². The fraction of sp³-hybridized carbons (Fsp3) is 0.278. The van der Waals surface area contributed by atoms with Gasteiger partial charge in [0, 0.05) is 13.1 Å². The van der Waals surface area contributed by atoms with Crippen LogP contribution in [0.4, 0.5) is 10.1 Å². The maximum Gasteiger partial charge on any atom is 0.265 e. The molecule has 2 aromatic carbocycles. The van der Waals surface area contributed by atoms with E-state index in [0.29, 0.717) is 11.4 Å². The zero-order valence-electron chi connectivity index (χ0n) is 13.2. The lowest BCUT2D eigenvalue weighted by Crippen LogP contribution is -2.34. The summed E-state index contributed by atoms with van der Waals surface area (Å²) in [5.74, 6) is 0.340. The van der Waals surface area contributed by atoms with Crippen molar-refractivity contribution in [2.75, 3.05) is 12.4 Å². The molecule has 0 bridgehead atoms. The Bertz CT molecular complexity index is 715. The molecule has 0 fully saturated rings. The summed E-state index contributed by atoms with van der Waals surface area (Å²) in [6, 6.07) is 12.3. The van der Waals surface area contributed by atoms with E-state index in [1.807, 2.05) is 25.2 Å². The van der Waals surface area contributed by atoms with E-state index < -0.39 is 6.10 Å². The third-order valence-electron chi connectivity index (χ3n) is 3.79. The highest BCUT2D eigenvalue weighted by Crippen LogP contribution is 2.30. The molecular weight excluding hydrogens is 295 g/mol. The van der Waals surface area contributed by atoms with Crippen molar-refractivity contribution in [3.63, 3.8) is 0 Å². The van der Waals surface area contributed by atoms with E-state index in [-0.39, 0.29) is 11.7 Å². The van der Waals surface area contributed by atoms with Gasteiger partial charge in [-0.1, -0.05) is 18.2 Å². The molecule has 1 unspecified atom stereocenters. The molecule has 1 amide bonds. The summed E-state index contributed by atoms with van der Waals surface area (Å²) in [5.41, 5.74) is 2.84. The lowest BCUT2D eigenvalue weighted by molar-refractivity contribution is -0.122. The fourth-order valence-electron chi connectivity index (χ4n) is 2.62. The number of nitrogens with one attached hydrogen (secondary N) is 1. The molecule has 23 heavy (non-hydrogen) atoms. The Labute approximate surface area is 134 Å². The molecule has 5 heteroatoms. The number of anilines is 1. The number of rotatable bonds is 4. The summed E-state index contributed by atoms with van der Waals surface area (Å²) in [7, 11) is 2.00. The van der Waals surface area contributed by atoms with Crippen LogP contribution in [0.5, 0.6) is 5.75 Å². The maximum absolute atomic E-state index is 12.9. The van der Waals surface area contributed by atoms with Crippen LogP contribution >= 0.6 is 0 Å². The first-order chi connectivity index (χ1) is 11.0. The van der Waals surface area contributed by atoms with Crippen LogP contribution in [-0.2, 0) is 17.9 Å². The predicted octanol–water partition coefficient (Wildman–Crippen LogP) is 3.18. The van der Waals surface area contributed by atoms with Crippen LogP contribution in [0.1, 0.15) is 18.1 Å². The van der Waals surface area contributed by atoms with E-state index in [0.717, 1.165) is 24.2 Å².